The van der Waals surface area contributed by atoms with E-state index in [-0.39, 0.29) is 0 Å². The average molecular weight is 343 g/mol. The molecular weight excluding hydrogens is 330 g/mol. The van der Waals surface area contributed by atoms with Gasteiger partial charge >= 0.3 is 5.69 Å². The van der Waals surface area contributed by atoms with Crippen LogP contribution >= 0.6 is 0 Å². The number of phenolic OH excluding ortho intramolecular Hbond substituents is 1. The molecule has 1 heterocycles. The third kappa shape index (κ3) is 3.66. The van der Waals surface area contributed by atoms with Crippen molar-refractivity contribution in [2.24, 2.45) is 5.10 Å². The fraction of sp³-hybridized carbons (Fsp3) is 0.125. The van der Waals surface area contributed by atoms with Crippen LogP contribution in [-0.4, -0.2) is 35.4 Å². The molecule has 0 saturated heterocycles. The molecule has 9 nitrogen and oxygen atoms in total. The Morgan fingerprint density at radius 2 is 1.96 bits per heavy atom. The largest absolute Gasteiger partial charge is 0.502 e. The smallest absolute Gasteiger partial charge is 0.311 e. The maximum atomic E-state index is 12.1. The van der Waals surface area contributed by atoms with Crippen molar-refractivity contribution >= 4 is 17.8 Å². The summed E-state index contributed by atoms with van der Waals surface area (Å²) in [6, 6.07) is 8.52. The summed E-state index contributed by atoms with van der Waals surface area (Å²) in [5.41, 5.74) is 2.56. The Morgan fingerprint density at radius 3 is 2.72 bits per heavy atom. The molecule has 0 atom stereocenters. The van der Waals surface area contributed by atoms with Gasteiger partial charge in [0.05, 0.1) is 11.1 Å². The van der Waals surface area contributed by atoms with Crippen LogP contribution in [0.3, 0.4) is 0 Å². The molecule has 0 radical (unpaired) electrons. The third-order valence-electron chi connectivity index (χ3n) is 3.38. The van der Waals surface area contributed by atoms with E-state index in [1.165, 1.54) is 18.3 Å². The number of fused-ring (bicyclic) bond motifs is 1. The van der Waals surface area contributed by atoms with Crippen molar-refractivity contribution in [1.82, 2.24) is 5.43 Å². The number of rotatable bonds is 4. The fourth-order valence-corrected chi connectivity index (χ4v) is 2.18. The van der Waals surface area contributed by atoms with E-state index in [4.69, 9.17) is 9.47 Å². The predicted octanol–water partition coefficient (Wildman–Crippen LogP) is 1.84. The van der Waals surface area contributed by atoms with E-state index >= 15 is 0 Å². The van der Waals surface area contributed by atoms with E-state index in [0.717, 1.165) is 6.07 Å². The van der Waals surface area contributed by atoms with Crippen LogP contribution < -0.4 is 14.9 Å². The number of benzene rings is 2. The quantitative estimate of drug-likeness (QED) is 0.496. The molecule has 1 amide bonds. The number of amides is 1. The SMILES string of the molecule is O=C(N/N=C/c1ccc(O)c([N+](=O)[O-])c1)c1ccc2c(c1)OCCO2. The molecule has 0 aromatic heterocycles. The highest BCUT2D eigenvalue weighted by atomic mass is 16.6. The van der Waals surface area contributed by atoms with E-state index in [0.29, 0.717) is 35.8 Å². The molecule has 128 valence electrons. The molecule has 1 aliphatic rings. The van der Waals surface area contributed by atoms with Crippen LogP contribution in [0.2, 0.25) is 0 Å². The minimum Gasteiger partial charge on any atom is -0.502 e. The summed E-state index contributed by atoms with van der Waals surface area (Å²) in [4.78, 5) is 22.1. The van der Waals surface area contributed by atoms with Gasteiger partial charge in [-0.15, -0.1) is 0 Å². The summed E-state index contributed by atoms with van der Waals surface area (Å²) >= 11 is 0. The van der Waals surface area contributed by atoms with Gasteiger partial charge in [0.25, 0.3) is 5.91 Å². The monoisotopic (exact) mass is 343 g/mol. The number of ether oxygens (including phenoxy) is 2. The van der Waals surface area contributed by atoms with E-state index in [2.05, 4.69) is 10.5 Å². The second-order valence-electron chi connectivity index (χ2n) is 5.06. The number of aromatic hydroxyl groups is 1. The van der Waals surface area contributed by atoms with Crippen molar-refractivity contribution in [3.8, 4) is 17.2 Å². The normalized spacial score (nSPS) is 12.8. The Morgan fingerprint density at radius 1 is 1.20 bits per heavy atom. The molecule has 2 aromatic carbocycles. The summed E-state index contributed by atoms with van der Waals surface area (Å²) in [6.07, 6.45) is 1.24. The Labute approximate surface area is 141 Å². The first-order valence-electron chi connectivity index (χ1n) is 7.25. The van der Waals surface area contributed by atoms with Crippen molar-refractivity contribution in [2.75, 3.05) is 13.2 Å². The highest BCUT2D eigenvalue weighted by molar-refractivity contribution is 5.95. The van der Waals surface area contributed by atoms with Crippen LogP contribution in [0.15, 0.2) is 41.5 Å². The van der Waals surface area contributed by atoms with E-state index in [1.54, 1.807) is 18.2 Å². The van der Waals surface area contributed by atoms with Crippen LogP contribution in [0.5, 0.6) is 17.2 Å². The van der Waals surface area contributed by atoms with Gasteiger partial charge in [-0.2, -0.15) is 5.10 Å². The zero-order valence-electron chi connectivity index (χ0n) is 12.8. The van der Waals surface area contributed by atoms with E-state index in [9.17, 15) is 20.0 Å². The topological polar surface area (TPSA) is 123 Å². The molecule has 0 bridgehead atoms. The summed E-state index contributed by atoms with van der Waals surface area (Å²) < 4.78 is 10.8. The second kappa shape index (κ2) is 6.87. The lowest BCUT2D eigenvalue weighted by Crippen LogP contribution is -2.19. The number of nitro groups is 1. The first-order chi connectivity index (χ1) is 12.0. The minimum absolute atomic E-state index is 0.332. The van der Waals surface area contributed by atoms with Gasteiger partial charge < -0.3 is 14.6 Å². The van der Waals surface area contributed by atoms with E-state index < -0.39 is 22.3 Å². The number of carbonyl (C=O) groups is 1. The van der Waals surface area contributed by atoms with Gasteiger partial charge in [-0.3, -0.25) is 14.9 Å². The lowest BCUT2D eigenvalue weighted by Gasteiger charge is -2.18. The maximum Gasteiger partial charge on any atom is 0.311 e. The first-order valence-corrected chi connectivity index (χ1v) is 7.25. The van der Waals surface area contributed by atoms with Gasteiger partial charge in [-0.25, -0.2) is 5.43 Å². The van der Waals surface area contributed by atoms with Crippen LogP contribution in [0.4, 0.5) is 5.69 Å². The summed E-state index contributed by atoms with van der Waals surface area (Å²) in [6.45, 7) is 0.872. The third-order valence-corrected chi connectivity index (χ3v) is 3.38. The summed E-state index contributed by atoms with van der Waals surface area (Å²) in [5.74, 6) is 0.142. The molecule has 2 aromatic rings. The highest BCUT2D eigenvalue weighted by Crippen LogP contribution is 2.30. The molecule has 0 saturated carbocycles. The number of nitrogens with one attached hydrogen (secondary N) is 1. The number of hydrogen-bond acceptors (Lipinski definition) is 7. The molecule has 0 spiro atoms. The Kier molecular flexibility index (Phi) is 4.46. The van der Waals surface area contributed by atoms with Gasteiger partial charge in [0.15, 0.2) is 17.2 Å². The van der Waals surface area contributed by atoms with E-state index in [1.807, 2.05) is 0 Å². The Bertz CT molecular complexity index is 865. The number of hydrogen-bond donors (Lipinski definition) is 2. The summed E-state index contributed by atoms with van der Waals surface area (Å²) in [7, 11) is 0. The molecule has 3 rings (SSSR count). The maximum absolute atomic E-state index is 12.1. The lowest BCUT2D eigenvalue weighted by molar-refractivity contribution is -0.385. The minimum atomic E-state index is -0.708. The number of hydrazone groups is 1. The van der Waals surface area contributed by atoms with Crippen LogP contribution in [-0.2, 0) is 0 Å². The fourth-order valence-electron chi connectivity index (χ4n) is 2.18. The molecule has 0 unspecified atom stereocenters. The number of phenols is 1. The van der Waals surface area contributed by atoms with Crippen molar-refractivity contribution in [3.63, 3.8) is 0 Å². The second-order valence-corrected chi connectivity index (χ2v) is 5.06. The number of nitrogens with zero attached hydrogens (tertiary/aromatic N) is 2. The molecule has 0 fully saturated rings. The predicted molar refractivity (Wildman–Crippen MR) is 87.3 cm³/mol. The zero-order valence-corrected chi connectivity index (χ0v) is 12.8. The number of nitro benzene ring substituents is 1. The molecular formula is C16H13N3O6. The van der Waals surface area contributed by atoms with Gasteiger partial charge in [-0.05, 0) is 30.3 Å². The molecule has 2 N–H and O–H groups in total. The highest BCUT2D eigenvalue weighted by Gasteiger charge is 2.15. The molecule has 0 aliphatic carbocycles. The van der Waals surface area contributed by atoms with Crippen LogP contribution in [0.1, 0.15) is 15.9 Å². The van der Waals surface area contributed by atoms with Gasteiger partial charge in [-0.1, -0.05) is 0 Å². The lowest BCUT2D eigenvalue weighted by atomic mass is 10.2. The van der Waals surface area contributed by atoms with Crippen LogP contribution in [0, 0.1) is 10.1 Å². The Balaban J connectivity index is 1.69. The first kappa shape index (κ1) is 16.2. The standard InChI is InChI=1S/C16H13N3O6/c20-13-3-1-10(7-12(13)19(22)23)9-17-18-16(21)11-2-4-14-15(8-11)25-6-5-24-14/h1-4,7-9,20H,5-6H2,(H,18,21)/b17-9+. The zero-order chi connectivity index (χ0) is 17.8. The van der Waals surface area contributed by atoms with Crippen molar-refractivity contribution in [3.05, 3.63) is 57.6 Å². The molecule has 25 heavy (non-hydrogen) atoms. The Hall–Kier alpha value is -3.62. The van der Waals surface area contributed by atoms with Crippen molar-refractivity contribution in [1.29, 1.82) is 0 Å². The summed E-state index contributed by atoms with van der Waals surface area (Å²) in [5, 5.41) is 23.9. The average Bonchev–Trinajstić information content (AvgIpc) is 2.62. The van der Waals surface area contributed by atoms with Gasteiger partial charge in [0, 0.05) is 17.2 Å². The van der Waals surface area contributed by atoms with Gasteiger partial charge in [0.2, 0.25) is 0 Å². The molecule has 9 heteroatoms. The van der Waals surface area contributed by atoms with Crippen molar-refractivity contribution in [2.45, 2.75) is 0 Å². The van der Waals surface area contributed by atoms with Gasteiger partial charge in [0.1, 0.15) is 13.2 Å². The number of carbonyl (C=O) groups excluding carboxylic acids is 1. The molecule has 1 aliphatic heterocycles. The van der Waals surface area contributed by atoms with Crippen molar-refractivity contribution < 1.29 is 24.3 Å². The van der Waals surface area contributed by atoms with Crippen LogP contribution in [0.25, 0.3) is 0 Å².